The van der Waals surface area contributed by atoms with Crippen molar-refractivity contribution < 1.29 is 4.92 Å². The second-order valence-corrected chi connectivity index (χ2v) is 5.55. The van der Waals surface area contributed by atoms with Gasteiger partial charge in [0.05, 0.1) is 16.8 Å². The predicted octanol–water partition coefficient (Wildman–Crippen LogP) is 1.35. The maximum atomic E-state index is 12.1. The highest BCUT2D eigenvalue weighted by molar-refractivity contribution is 5.71. The Hall–Kier alpha value is -3.63. The number of nitrogens with zero attached hydrogens (tertiary/aromatic N) is 5. The van der Waals surface area contributed by atoms with Crippen LogP contribution in [0, 0.1) is 10.1 Å². The predicted molar refractivity (Wildman–Crippen MR) is 88.9 cm³/mol. The van der Waals surface area contributed by atoms with Gasteiger partial charge in [-0.25, -0.2) is 10.1 Å². The minimum absolute atomic E-state index is 0.0443. The third-order valence-electron chi connectivity index (χ3n) is 3.27. The van der Waals surface area contributed by atoms with E-state index in [4.69, 9.17) is 0 Å². The maximum Gasteiger partial charge on any atom is 0.291 e. The Balaban J connectivity index is 2.09. The van der Waals surface area contributed by atoms with Crippen LogP contribution in [-0.2, 0) is 0 Å². The van der Waals surface area contributed by atoms with Crippen LogP contribution in [0.5, 0.6) is 0 Å². The van der Waals surface area contributed by atoms with Gasteiger partial charge in [-0.1, -0.05) is 0 Å². The average molecular weight is 342 g/mol. The molecule has 0 aliphatic heterocycles. The summed E-state index contributed by atoms with van der Waals surface area (Å²) in [6, 6.07) is 4.35. The zero-order valence-electron chi connectivity index (χ0n) is 13.3. The van der Waals surface area contributed by atoms with Crippen LogP contribution in [0.4, 0.5) is 11.5 Å². The van der Waals surface area contributed by atoms with Gasteiger partial charge in [0, 0.05) is 29.3 Å². The van der Waals surface area contributed by atoms with Gasteiger partial charge in [0.25, 0.3) is 11.2 Å². The van der Waals surface area contributed by atoms with Gasteiger partial charge in [0.15, 0.2) is 11.6 Å². The molecule has 11 nitrogen and oxygen atoms in total. The van der Waals surface area contributed by atoms with E-state index in [0.717, 1.165) is 0 Å². The van der Waals surface area contributed by atoms with Crippen molar-refractivity contribution in [2.24, 2.45) is 0 Å². The molecule has 2 aromatic heterocycles. The van der Waals surface area contributed by atoms with Gasteiger partial charge in [0.2, 0.25) is 0 Å². The molecule has 1 aromatic carbocycles. The van der Waals surface area contributed by atoms with Crippen molar-refractivity contribution in [3.63, 3.8) is 0 Å². The summed E-state index contributed by atoms with van der Waals surface area (Å²) < 4.78 is 0. The summed E-state index contributed by atoms with van der Waals surface area (Å²) in [6.07, 6.45) is 1.44. The molecule has 0 bridgehead atoms. The number of rotatable bonds is 5. The van der Waals surface area contributed by atoms with Crippen molar-refractivity contribution in [2.45, 2.75) is 19.9 Å². The molecule has 0 fully saturated rings. The van der Waals surface area contributed by atoms with Gasteiger partial charge in [-0.3, -0.25) is 14.9 Å². The second-order valence-electron chi connectivity index (χ2n) is 5.55. The summed E-state index contributed by atoms with van der Waals surface area (Å²) in [5, 5.41) is 27.3. The summed E-state index contributed by atoms with van der Waals surface area (Å²) in [6.45, 7) is 3.76. The number of hydrogen-bond acceptors (Lipinski definition) is 8. The Morgan fingerprint density at radius 1 is 1.24 bits per heavy atom. The van der Waals surface area contributed by atoms with E-state index >= 15 is 0 Å². The molecule has 0 aliphatic carbocycles. The second kappa shape index (κ2) is 6.47. The molecule has 0 saturated heterocycles. The lowest BCUT2D eigenvalue weighted by atomic mass is 10.1. The number of aromatic nitrogens is 6. The summed E-state index contributed by atoms with van der Waals surface area (Å²) >= 11 is 0. The third kappa shape index (κ3) is 3.49. The molecule has 0 spiro atoms. The number of nitrogens with one attached hydrogen (secondary N) is 3. The molecule has 0 aliphatic rings. The van der Waals surface area contributed by atoms with Crippen molar-refractivity contribution >= 4 is 11.5 Å². The molecule has 0 amide bonds. The topological polar surface area (TPSA) is 155 Å². The van der Waals surface area contributed by atoms with E-state index in [2.05, 4.69) is 35.9 Å². The Kier molecular flexibility index (Phi) is 4.20. The van der Waals surface area contributed by atoms with Crippen LogP contribution in [0.1, 0.15) is 13.8 Å². The zero-order chi connectivity index (χ0) is 18.0. The largest absolute Gasteiger partial charge is 0.363 e. The first-order chi connectivity index (χ1) is 11.9. The number of tetrazole rings is 1. The lowest BCUT2D eigenvalue weighted by molar-refractivity contribution is -0.384. The minimum Gasteiger partial charge on any atom is -0.363 e. The molecule has 0 saturated carbocycles. The Morgan fingerprint density at radius 2 is 2.00 bits per heavy atom. The lowest BCUT2D eigenvalue weighted by Gasteiger charge is -2.09. The van der Waals surface area contributed by atoms with Crippen LogP contribution < -0.4 is 10.9 Å². The van der Waals surface area contributed by atoms with E-state index in [-0.39, 0.29) is 23.4 Å². The van der Waals surface area contributed by atoms with Crippen LogP contribution in [0.25, 0.3) is 22.6 Å². The van der Waals surface area contributed by atoms with Crippen LogP contribution in [0.2, 0.25) is 0 Å². The fourth-order valence-corrected chi connectivity index (χ4v) is 2.21. The zero-order valence-corrected chi connectivity index (χ0v) is 13.3. The number of H-pyrrole nitrogens is 2. The minimum atomic E-state index is -0.531. The molecule has 128 valence electrons. The SMILES string of the molecule is CC(C)Nc1ncc(-c2cc(-c3nnn[nH]3)cc([N+](=O)[O-])c2)[nH]c1=O. The highest BCUT2D eigenvalue weighted by Gasteiger charge is 2.15. The van der Waals surface area contributed by atoms with E-state index in [9.17, 15) is 14.9 Å². The smallest absolute Gasteiger partial charge is 0.291 e. The summed E-state index contributed by atoms with van der Waals surface area (Å²) in [4.78, 5) is 29.6. The molecule has 3 rings (SSSR count). The Labute approximate surface area is 140 Å². The first kappa shape index (κ1) is 16.2. The molecular weight excluding hydrogens is 328 g/mol. The van der Waals surface area contributed by atoms with E-state index < -0.39 is 10.5 Å². The van der Waals surface area contributed by atoms with Crippen molar-refractivity contribution in [1.82, 2.24) is 30.6 Å². The molecule has 2 heterocycles. The van der Waals surface area contributed by atoms with Crippen molar-refractivity contribution in [3.8, 4) is 22.6 Å². The standard InChI is InChI=1S/C14H14N8O3/c1-7(2)16-13-14(23)17-11(6-15-13)8-3-9(12-18-20-21-19-12)5-10(4-8)22(24)25/h3-7H,1-2H3,(H,15,16)(H,17,23)(H,18,19,20,21). The number of anilines is 1. The Bertz CT molecular complexity index is 964. The summed E-state index contributed by atoms with van der Waals surface area (Å²) in [5.41, 5.74) is 0.604. The molecule has 0 atom stereocenters. The van der Waals surface area contributed by atoms with Crippen molar-refractivity contribution in [1.29, 1.82) is 0 Å². The molecule has 3 N–H and O–H groups in total. The molecule has 0 unspecified atom stereocenters. The fourth-order valence-electron chi connectivity index (χ4n) is 2.21. The van der Waals surface area contributed by atoms with Crippen LogP contribution in [0.15, 0.2) is 29.2 Å². The average Bonchev–Trinajstić information content (AvgIpc) is 3.10. The summed E-state index contributed by atoms with van der Waals surface area (Å²) in [7, 11) is 0. The highest BCUT2D eigenvalue weighted by Crippen LogP contribution is 2.28. The number of nitro groups is 1. The monoisotopic (exact) mass is 342 g/mol. The Morgan fingerprint density at radius 3 is 2.60 bits per heavy atom. The first-order valence-electron chi connectivity index (χ1n) is 7.34. The van der Waals surface area contributed by atoms with Gasteiger partial charge in [0.1, 0.15) is 0 Å². The molecule has 0 radical (unpaired) electrons. The van der Waals surface area contributed by atoms with E-state index in [0.29, 0.717) is 16.8 Å². The molecule has 3 aromatic rings. The van der Waals surface area contributed by atoms with E-state index in [1.54, 1.807) is 6.07 Å². The molecular formula is C14H14N8O3. The van der Waals surface area contributed by atoms with Crippen molar-refractivity contribution in [3.05, 3.63) is 44.9 Å². The first-order valence-corrected chi connectivity index (χ1v) is 7.34. The number of nitro benzene ring substituents is 1. The molecule has 11 heteroatoms. The van der Waals surface area contributed by atoms with Gasteiger partial charge >= 0.3 is 0 Å². The van der Waals surface area contributed by atoms with Gasteiger partial charge in [-0.2, -0.15) is 0 Å². The number of hydrogen-bond donors (Lipinski definition) is 3. The highest BCUT2D eigenvalue weighted by atomic mass is 16.6. The van der Waals surface area contributed by atoms with Gasteiger partial charge in [-0.15, -0.1) is 5.10 Å². The van der Waals surface area contributed by atoms with Crippen LogP contribution >= 0.6 is 0 Å². The lowest BCUT2D eigenvalue weighted by Crippen LogP contribution is -2.21. The quantitative estimate of drug-likeness (QED) is 0.463. The van der Waals surface area contributed by atoms with Crippen LogP contribution in [0.3, 0.4) is 0 Å². The van der Waals surface area contributed by atoms with E-state index in [1.807, 2.05) is 13.8 Å². The van der Waals surface area contributed by atoms with Gasteiger partial charge in [-0.05, 0) is 30.3 Å². The number of benzene rings is 1. The fraction of sp³-hybridized carbons (Fsp3) is 0.214. The normalized spacial score (nSPS) is 10.8. The maximum absolute atomic E-state index is 12.1. The van der Waals surface area contributed by atoms with E-state index in [1.165, 1.54) is 18.3 Å². The van der Waals surface area contributed by atoms with Crippen LogP contribution in [-0.4, -0.2) is 41.6 Å². The number of non-ortho nitro benzene ring substituents is 1. The third-order valence-corrected chi connectivity index (χ3v) is 3.27. The molecule has 25 heavy (non-hydrogen) atoms. The summed E-state index contributed by atoms with van der Waals surface area (Å²) in [5.74, 6) is 0.460. The van der Waals surface area contributed by atoms with Crippen molar-refractivity contribution in [2.75, 3.05) is 5.32 Å². The number of aromatic amines is 2. The van der Waals surface area contributed by atoms with Gasteiger partial charge < -0.3 is 10.3 Å².